The van der Waals surface area contributed by atoms with Crippen LogP contribution in [0.25, 0.3) is 10.2 Å². The first-order valence-electron chi connectivity index (χ1n) is 6.39. The van der Waals surface area contributed by atoms with Crippen molar-refractivity contribution in [2.75, 3.05) is 13.1 Å². The Bertz CT molecular complexity index is 599. The summed E-state index contributed by atoms with van der Waals surface area (Å²) in [7, 11) is 0. The van der Waals surface area contributed by atoms with Gasteiger partial charge in [-0.1, -0.05) is 23.5 Å². The topological polar surface area (TPSA) is 83.6 Å². The van der Waals surface area contributed by atoms with E-state index in [-0.39, 0.29) is 12.0 Å². The summed E-state index contributed by atoms with van der Waals surface area (Å²) >= 11 is 1.43. The second kappa shape index (κ2) is 6.33. The SMILES string of the molecule is CCN(CC)C(=O)N/C(N)=N/c1nc2ccccc2s1. The first-order chi connectivity index (χ1) is 9.63. The fourth-order valence-electron chi connectivity index (χ4n) is 1.74. The van der Waals surface area contributed by atoms with Gasteiger partial charge in [0.25, 0.3) is 0 Å². The Kier molecular flexibility index (Phi) is 4.52. The average Bonchev–Trinajstić information content (AvgIpc) is 2.81. The lowest BCUT2D eigenvalue weighted by Crippen LogP contribution is -2.45. The molecule has 0 unspecified atom stereocenters. The minimum Gasteiger partial charge on any atom is -0.369 e. The Hall–Kier alpha value is -2.15. The van der Waals surface area contributed by atoms with E-state index in [2.05, 4.69) is 15.3 Å². The lowest BCUT2D eigenvalue weighted by molar-refractivity contribution is 0.208. The molecule has 0 saturated carbocycles. The van der Waals surface area contributed by atoms with Crippen molar-refractivity contribution >= 4 is 38.7 Å². The van der Waals surface area contributed by atoms with Crippen molar-refractivity contribution in [1.82, 2.24) is 15.2 Å². The van der Waals surface area contributed by atoms with Gasteiger partial charge in [-0.15, -0.1) is 0 Å². The maximum Gasteiger partial charge on any atom is 0.324 e. The summed E-state index contributed by atoms with van der Waals surface area (Å²) < 4.78 is 1.04. The highest BCUT2D eigenvalue weighted by Gasteiger charge is 2.10. The van der Waals surface area contributed by atoms with Gasteiger partial charge in [0.05, 0.1) is 10.2 Å². The monoisotopic (exact) mass is 291 g/mol. The van der Waals surface area contributed by atoms with Crippen LogP contribution >= 0.6 is 11.3 Å². The van der Waals surface area contributed by atoms with Crippen molar-refractivity contribution in [3.05, 3.63) is 24.3 Å². The molecule has 20 heavy (non-hydrogen) atoms. The van der Waals surface area contributed by atoms with E-state index >= 15 is 0 Å². The summed E-state index contributed by atoms with van der Waals surface area (Å²) in [6.45, 7) is 5.06. The molecule has 0 saturated heterocycles. The fraction of sp³-hybridized carbons (Fsp3) is 0.308. The molecule has 0 radical (unpaired) electrons. The number of hydrogen-bond donors (Lipinski definition) is 2. The molecule has 0 aliphatic rings. The predicted octanol–water partition coefficient (Wildman–Crippen LogP) is 2.29. The van der Waals surface area contributed by atoms with E-state index < -0.39 is 0 Å². The minimum atomic E-state index is -0.252. The number of rotatable bonds is 3. The van der Waals surface area contributed by atoms with Gasteiger partial charge >= 0.3 is 6.03 Å². The third kappa shape index (κ3) is 3.24. The van der Waals surface area contributed by atoms with Crippen LogP contribution in [0.2, 0.25) is 0 Å². The van der Waals surface area contributed by atoms with E-state index in [4.69, 9.17) is 5.73 Å². The molecule has 2 amide bonds. The first-order valence-corrected chi connectivity index (χ1v) is 7.21. The lowest BCUT2D eigenvalue weighted by atomic mass is 10.3. The molecule has 1 heterocycles. The van der Waals surface area contributed by atoms with Gasteiger partial charge < -0.3 is 10.6 Å². The van der Waals surface area contributed by atoms with E-state index in [1.807, 2.05) is 38.1 Å². The molecule has 0 atom stereocenters. The molecule has 0 spiro atoms. The summed E-state index contributed by atoms with van der Waals surface area (Å²) in [5.41, 5.74) is 6.61. The summed E-state index contributed by atoms with van der Waals surface area (Å²) in [6, 6.07) is 7.49. The third-order valence-electron chi connectivity index (χ3n) is 2.78. The van der Waals surface area contributed by atoms with Crippen LogP contribution in [0.15, 0.2) is 29.3 Å². The van der Waals surface area contributed by atoms with E-state index in [9.17, 15) is 4.79 Å². The summed E-state index contributed by atoms with van der Waals surface area (Å²) in [6.07, 6.45) is 0. The molecule has 0 aliphatic heterocycles. The van der Waals surface area contributed by atoms with Crippen molar-refractivity contribution in [2.24, 2.45) is 10.7 Å². The number of guanidine groups is 1. The van der Waals surface area contributed by atoms with Gasteiger partial charge in [0, 0.05) is 13.1 Å². The number of carbonyl (C=O) groups excluding carboxylic acids is 1. The van der Waals surface area contributed by atoms with Crippen molar-refractivity contribution in [1.29, 1.82) is 0 Å². The smallest absolute Gasteiger partial charge is 0.324 e. The zero-order valence-electron chi connectivity index (χ0n) is 11.5. The molecular weight excluding hydrogens is 274 g/mol. The number of hydrogen-bond acceptors (Lipinski definition) is 4. The highest BCUT2D eigenvalue weighted by Crippen LogP contribution is 2.27. The van der Waals surface area contributed by atoms with E-state index in [0.717, 1.165) is 10.2 Å². The van der Waals surface area contributed by atoms with E-state index in [0.29, 0.717) is 18.2 Å². The Labute approximate surface area is 121 Å². The Morgan fingerprint density at radius 3 is 2.75 bits per heavy atom. The number of nitrogens with one attached hydrogen (secondary N) is 1. The number of fused-ring (bicyclic) bond motifs is 1. The number of aliphatic imine (C=N–C) groups is 1. The van der Waals surface area contributed by atoms with Gasteiger partial charge in [0.15, 0.2) is 0 Å². The van der Waals surface area contributed by atoms with Crippen LogP contribution in [0.5, 0.6) is 0 Å². The van der Waals surface area contributed by atoms with Crippen LogP contribution in [0, 0.1) is 0 Å². The molecule has 1 aromatic heterocycles. The second-order valence-electron chi connectivity index (χ2n) is 4.06. The molecule has 0 aliphatic carbocycles. The van der Waals surface area contributed by atoms with Gasteiger partial charge in [0.1, 0.15) is 0 Å². The molecule has 2 rings (SSSR count). The maximum absolute atomic E-state index is 11.8. The van der Waals surface area contributed by atoms with Crippen molar-refractivity contribution in [3.8, 4) is 0 Å². The van der Waals surface area contributed by atoms with Crippen molar-refractivity contribution in [2.45, 2.75) is 13.8 Å². The molecule has 1 aromatic carbocycles. The maximum atomic E-state index is 11.8. The van der Waals surface area contributed by atoms with Crippen molar-refractivity contribution < 1.29 is 4.79 Å². The van der Waals surface area contributed by atoms with Gasteiger partial charge in [-0.05, 0) is 26.0 Å². The molecule has 0 bridgehead atoms. The van der Waals surface area contributed by atoms with Gasteiger partial charge in [-0.25, -0.2) is 9.78 Å². The number of carbonyl (C=O) groups is 1. The molecule has 0 fully saturated rings. The zero-order chi connectivity index (χ0) is 14.5. The number of para-hydroxylation sites is 1. The van der Waals surface area contributed by atoms with Gasteiger partial charge in [-0.2, -0.15) is 4.99 Å². The highest BCUT2D eigenvalue weighted by atomic mass is 32.1. The van der Waals surface area contributed by atoms with Gasteiger partial charge in [0.2, 0.25) is 11.1 Å². The highest BCUT2D eigenvalue weighted by molar-refractivity contribution is 7.22. The third-order valence-corrected chi connectivity index (χ3v) is 3.71. The number of nitrogens with two attached hydrogens (primary N) is 1. The van der Waals surface area contributed by atoms with Crippen LogP contribution in [0.1, 0.15) is 13.8 Å². The minimum absolute atomic E-state index is 0.0564. The fourth-order valence-corrected chi connectivity index (χ4v) is 2.59. The Morgan fingerprint density at radius 1 is 1.40 bits per heavy atom. The van der Waals surface area contributed by atoms with Crippen LogP contribution in [-0.2, 0) is 0 Å². The molecule has 106 valence electrons. The summed E-state index contributed by atoms with van der Waals surface area (Å²) in [4.78, 5) is 21.9. The predicted molar refractivity (Wildman–Crippen MR) is 82.4 cm³/mol. The molecule has 6 nitrogen and oxygen atoms in total. The molecular formula is C13H17N5OS. The van der Waals surface area contributed by atoms with Crippen LogP contribution in [0.3, 0.4) is 0 Å². The van der Waals surface area contributed by atoms with Crippen LogP contribution in [-0.4, -0.2) is 35.0 Å². The molecule has 3 N–H and O–H groups in total. The largest absolute Gasteiger partial charge is 0.369 e. The summed E-state index contributed by atoms with van der Waals surface area (Å²) in [5, 5.41) is 3.09. The second-order valence-corrected chi connectivity index (χ2v) is 5.07. The zero-order valence-corrected chi connectivity index (χ0v) is 12.3. The Balaban J connectivity index is 2.11. The average molecular weight is 291 g/mol. The van der Waals surface area contributed by atoms with Crippen LogP contribution < -0.4 is 11.1 Å². The normalized spacial score (nSPS) is 11.6. The van der Waals surface area contributed by atoms with Crippen molar-refractivity contribution in [3.63, 3.8) is 0 Å². The molecule has 7 heteroatoms. The number of aromatic nitrogens is 1. The standard InChI is InChI=1S/C13H17N5OS/c1-3-18(4-2)13(19)17-11(14)16-12-15-9-7-5-6-8-10(9)20-12/h5-8H,3-4H2,1-2H3,(H3,14,15,16,17,19). The number of amides is 2. The lowest BCUT2D eigenvalue weighted by Gasteiger charge is -2.18. The first kappa shape index (κ1) is 14.3. The summed E-state index contributed by atoms with van der Waals surface area (Å²) in [5.74, 6) is 0.0564. The number of urea groups is 1. The van der Waals surface area contributed by atoms with Gasteiger partial charge in [-0.3, -0.25) is 5.32 Å². The van der Waals surface area contributed by atoms with E-state index in [1.165, 1.54) is 11.3 Å². The number of nitrogens with zero attached hydrogens (tertiary/aromatic N) is 3. The molecule has 2 aromatic rings. The number of thiazole rings is 1. The van der Waals surface area contributed by atoms with Crippen LogP contribution in [0.4, 0.5) is 9.93 Å². The number of benzene rings is 1. The quantitative estimate of drug-likeness (QED) is 0.672. The Morgan fingerprint density at radius 2 is 2.10 bits per heavy atom. The van der Waals surface area contributed by atoms with E-state index in [1.54, 1.807) is 4.90 Å².